The van der Waals surface area contributed by atoms with Gasteiger partial charge in [0, 0.05) is 5.56 Å². The van der Waals surface area contributed by atoms with E-state index in [0.29, 0.717) is 11.7 Å². The van der Waals surface area contributed by atoms with E-state index < -0.39 is 0 Å². The van der Waals surface area contributed by atoms with Crippen LogP contribution in [0.25, 0.3) is 11.4 Å². The van der Waals surface area contributed by atoms with Crippen LogP contribution in [0.1, 0.15) is 5.89 Å². The third kappa shape index (κ3) is 1.69. The average molecular weight is 188 g/mol. The maximum Gasteiger partial charge on any atom is 0.234 e. The summed E-state index contributed by atoms with van der Waals surface area (Å²) >= 11 is 0. The third-order valence-electron chi connectivity index (χ3n) is 1.76. The van der Waals surface area contributed by atoms with Crippen molar-refractivity contribution in [2.75, 3.05) is 0 Å². The quantitative estimate of drug-likeness (QED) is 0.684. The van der Waals surface area contributed by atoms with Gasteiger partial charge >= 0.3 is 0 Å². The second kappa shape index (κ2) is 3.83. The first-order chi connectivity index (χ1) is 6.90. The Morgan fingerprint density at radius 3 is 2.79 bits per heavy atom. The zero-order valence-corrected chi connectivity index (χ0v) is 7.38. The van der Waals surface area contributed by atoms with Crippen molar-refractivity contribution in [3.05, 3.63) is 36.2 Å². The van der Waals surface area contributed by atoms with Crippen LogP contribution >= 0.6 is 0 Å². The maximum absolute atomic E-state index is 10.2. The predicted octanol–water partition coefficient (Wildman–Crippen LogP) is 1.48. The molecule has 1 aromatic heterocycles. The highest BCUT2D eigenvalue weighted by Gasteiger charge is 2.06. The topological polar surface area (TPSA) is 56.0 Å². The largest absolute Gasteiger partial charge is 0.339 e. The second-order valence-corrected chi connectivity index (χ2v) is 2.75. The molecule has 0 radical (unpaired) electrons. The molecule has 0 amide bonds. The fraction of sp³-hybridized carbons (Fsp3) is 0.100. The Hall–Kier alpha value is -1.97. The summed E-state index contributed by atoms with van der Waals surface area (Å²) in [5.74, 6) is 0.862. The van der Waals surface area contributed by atoms with Crippen LogP contribution in [0.5, 0.6) is 0 Å². The van der Waals surface area contributed by atoms with Gasteiger partial charge in [0.25, 0.3) is 0 Å². The molecule has 0 aliphatic carbocycles. The van der Waals surface area contributed by atoms with Gasteiger partial charge in [0.15, 0.2) is 0 Å². The molecule has 0 spiro atoms. The minimum absolute atomic E-state index is 0.167. The molecule has 0 saturated carbocycles. The number of benzene rings is 1. The van der Waals surface area contributed by atoms with E-state index in [-0.39, 0.29) is 6.42 Å². The summed E-state index contributed by atoms with van der Waals surface area (Å²) in [5.41, 5.74) is 0.883. The lowest BCUT2D eigenvalue weighted by atomic mass is 10.2. The Kier molecular flexibility index (Phi) is 2.36. The molecular weight excluding hydrogens is 180 g/mol. The number of aldehydes is 1. The van der Waals surface area contributed by atoms with Crippen molar-refractivity contribution in [1.29, 1.82) is 0 Å². The van der Waals surface area contributed by atoms with Gasteiger partial charge in [0.2, 0.25) is 11.7 Å². The number of hydrogen-bond donors (Lipinski definition) is 0. The molecule has 1 aromatic carbocycles. The highest BCUT2D eigenvalue weighted by Crippen LogP contribution is 2.14. The van der Waals surface area contributed by atoms with Crippen molar-refractivity contribution in [3.63, 3.8) is 0 Å². The first-order valence-corrected chi connectivity index (χ1v) is 4.22. The first-order valence-electron chi connectivity index (χ1n) is 4.22. The molecule has 0 fully saturated rings. The molecule has 1 heterocycles. The summed E-state index contributed by atoms with van der Waals surface area (Å²) in [6.45, 7) is 0. The summed E-state index contributed by atoms with van der Waals surface area (Å²) in [5, 5.41) is 3.76. The lowest BCUT2D eigenvalue weighted by Crippen LogP contribution is -1.85. The van der Waals surface area contributed by atoms with Gasteiger partial charge in [-0.1, -0.05) is 35.5 Å². The smallest absolute Gasteiger partial charge is 0.234 e. The zero-order chi connectivity index (χ0) is 9.80. The molecule has 4 heteroatoms. The highest BCUT2D eigenvalue weighted by molar-refractivity contribution is 5.55. The molecule has 0 aliphatic heterocycles. The SMILES string of the molecule is O=CCc1nc(-c2ccccc2)no1. The van der Waals surface area contributed by atoms with Crippen LogP contribution in [0.2, 0.25) is 0 Å². The molecule has 0 saturated heterocycles. The third-order valence-corrected chi connectivity index (χ3v) is 1.76. The van der Waals surface area contributed by atoms with Crippen molar-refractivity contribution in [2.45, 2.75) is 6.42 Å². The standard InChI is InChI=1S/C10H8N2O2/c13-7-6-9-11-10(12-14-9)8-4-2-1-3-5-8/h1-5,7H,6H2. The van der Waals surface area contributed by atoms with Gasteiger partial charge in [0.05, 0.1) is 6.42 Å². The van der Waals surface area contributed by atoms with Gasteiger partial charge in [-0.15, -0.1) is 0 Å². The van der Waals surface area contributed by atoms with Gasteiger partial charge in [-0.2, -0.15) is 4.98 Å². The number of rotatable bonds is 3. The van der Waals surface area contributed by atoms with Crippen molar-refractivity contribution in [3.8, 4) is 11.4 Å². The molecule has 0 N–H and O–H groups in total. The Balaban J connectivity index is 2.29. The molecule has 2 aromatic rings. The predicted molar refractivity (Wildman–Crippen MR) is 49.5 cm³/mol. The minimum Gasteiger partial charge on any atom is -0.339 e. The summed E-state index contributed by atoms with van der Waals surface area (Å²) in [6, 6.07) is 9.47. The number of nitrogens with zero attached hydrogens (tertiary/aromatic N) is 2. The van der Waals surface area contributed by atoms with Crippen LogP contribution in [0.3, 0.4) is 0 Å². The summed E-state index contributed by atoms with van der Waals surface area (Å²) in [6.07, 6.45) is 0.905. The minimum atomic E-state index is 0.167. The van der Waals surface area contributed by atoms with E-state index in [1.807, 2.05) is 30.3 Å². The van der Waals surface area contributed by atoms with E-state index in [0.717, 1.165) is 11.8 Å². The van der Waals surface area contributed by atoms with Gasteiger partial charge in [0.1, 0.15) is 6.29 Å². The Labute approximate surface area is 80.6 Å². The Bertz CT molecular complexity index is 423. The fourth-order valence-corrected chi connectivity index (χ4v) is 1.11. The van der Waals surface area contributed by atoms with Gasteiger partial charge < -0.3 is 9.32 Å². The molecule has 14 heavy (non-hydrogen) atoms. The number of aromatic nitrogens is 2. The maximum atomic E-state index is 10.2. The van der Waals surface area contributed by atoms with E-state index in [1.54, 1.807) is 0 Å². The lowest BCUT2D eigenvalue weighted by molar-refractivity contribution is -0.107. The normalized spacial score (nSPS) is 10.0. The molecule has 0 bridgehead atoms. The van der Waals surface area contributed by atoms with Crippen LogP contribution in [0.15, 0.2) is 34.9 Å². The Morgan fingerprint density at radius 2 is 2.07 bits per heavy atom. The summed E-state index contributed by atoms with van der Waals surface area (Å²) in [4.78, 5) is 14.3. The summed E-state index contributed by atoms with van der Waals surface area (Å²) < 4.78 is 4.87. The van der Waals surface area contributed by atoms with Crippen molar-refractivity contribution < 1.29 is 9.32 Å². The molecule has 4 nitrogen and oxygen atoms in total. The Morgan fingerprint density at radius 1 is 1.29 bits per heavy atom. The number of hydrogen-bond acceptors (Lipinski definition) is 4. The molecule has 0 aliphatic rings. The van der Waals surface area contributed by atoms with Crippen molar-refractivity contribution in [2.24, 2.45) is 0 Å². The zero-order valence-electron chi connectivity index (χ0n) is 7.38. The number of carbonyl (C=O) groups is 1. The van der Waals surface area contributed by atoms with Crippen LogP contribution in [0, 0.1) is 0 Å². The van der Waals surface area contributed by atoms with Gasteiger partial charge in [-0.05, 0) is 0 Å². The number of carbonyl (C=O) groups excluding carboxylic acids is 1. The van der Waals surface area contributed by atoms with E-state index in [4.69, 9.17) is 4.52 Å². The van der Waals surface area contributed by atoms with Crippen LogP contribution < -0.4 is 0 Å². The van der Waals surface area contributed by atoms with E-state index >= 15 is 0 Å². The van der Waals surface area contributed by atoms with Crippen molar-refractivity contribution in [1.82, 2.24) is 10.1 Å². The molecule has 70 valence electrons. The van der Waals surface area contributed by atoms with Gasteiger partial charge in [-0.3, -0.25) is 0 Å². The van der Waals surface area contributed by atoms with Crippen molar-refractivity contribution >= 4 is 6.29 Å². The second-order valence-electron chi connectivity index (χ2n) is 2.75. The van der Waals surface area contributed by atoms with E-state index in [1.165, 1.54) is 0 Å². The van der Waals surface area contributed by atoms with E-state index in [9.17, 15) is 4.79 Å². The van der Waals surface area contributed by atoms with Crippen LogP contribution in [0.4, 0.5) is 0 Å². The lowest BCUT2D eigenvalue weighted by Gasteiger charge is -1.89. The van der Waals surface area contributed by atoms with Gasteiger partial charge in [-0.25, -0.2) is 0 Å². The molecular formula is C10H8N2O2. The average Bonchev–Trinajstić information content (AvgIpc) is 2.68. The summed E-state index contributed by atoms with van der Waals surface area (Å²) in [7, 11) is 0. The molecule has 2 rings (SSSR count). The molecule has 0 atom stereocenters. The monoisotopic (exact) mass is 188 g/mol. The van der Waals surface area contributed by atoms with Crippen LogP contribution in [-0.4, -0.2) is 16.4 Å². The first kappa shape index (κ1) is 8.62. The fourth-order valence-electron chi connectivity index (χ4n) is 1.11. The highest BCUT2D eigenvalue weighted by atomic mass is 16.5. The van der Waals surface area contributed by atoms with E-state index in [2.05, 4.69) is 10.1 Å². The molecule has 0 unspecified atom stereocenters. The van der Waals surface area contributed by atoms with Crippen LogP contribution in [-0.2, 0) is 11.2 Å².